The van der Waals surface area contributed by atoms with E-state index in [1.54, 1.807) is 24.4 Å². The molecule has 13 nitrogen and oxygen atoms in total. The lowest BCUT2D eigenvalue weighted by Gasteiger charge is -2.35. The van der Waals surface area contributed by atoms with E-state index in [-0.39, 0.29) is 43.7 Å². The minimum Gasteiger partial charge on any atom is -0.495 e. The first-order chi connectivity index (χ1) is 25.0. The highest BCUT2D eigenvalue weighted by molar-refractivity contribution is 7.85. The van der Waals surface area contributed by atoms with Crippen molar-refractivity contribution in [2.75, 3.05) is 13.7 Å². The standard InChI is InChI=1S/C38H50ClN3O10S/c1-6-22-19-38(22,36(46)41-53(47,48)52-24-11-12-24)20-30(43)29-17-25(51-34-27-13-14-31(49-5)33(39)26(27)15-16-40-34)21-42(29)35(45)28(37(2,3)4)18-32(44)50-23-9-7-8-10-23/h13-16,22-25,28-29H,6-12,17-21H2,1-5H3,(H,41,46)/t22-,25-,28-,29+,38-/m1/s1. The summed E-state index contributed by atoms with van der Waals surface area (Å²) in [6.07, 6.45) is 5.54. The smallest absolute Gasteiger partial charge is 0.362 e. The summed E-state index contributed by atoms with van der Waals surface area (Å²) >= 11 is 6.59. The molecule has 1 saturated heterocycles. The maximum absolute atomic E-state index is 14.6. The van der Waals surface area contributed by atoms with Crippen molar-refractivity contribution < 1.29 is 46.0 Å². The predicted molar refractivity (Wildman–Crippen MR) is 195 cm³/mol. The van der Waals surface area contributed by atoms with Gasteiger partial charge < -0.3 is 19.1 Å². The number of carbonyl (C=O) groups is 4. The lowest BCUT2D eigenvalue weighted by Crippen LogP contribution is -2.48. The van der Waals surface area contributed by atoms with Crippen LogP contribution in [0.25, 0.3) is 10.8 Å². The number of likely N-dealkylation sites (tertiary alicyclic amines) is 1. The number of fused-ring (bicyclic) bond motifs is 1. The van der Waals surface area contributed by atoms with Crippen molar-refractivity contribution in [1.82, 2.24) is 14.6 Å². The Labute approximate surface area is 316 Å². The maximum atomic E-state index is 14.6. The minimum atomic E-state index is -4.35. The number of hydrogen-bond donors (Lipinski definition) is 1. The zero-order chi connectivity index (χ0) is 38.3. The molecule has 0 spiro atoms. The number of halogens is 1. The van der Waals surface area contributed by atoms with Crippen LogP contribution in [0, 0.1) is 22.7 Å². The monoisotopic (exact) mass is 775 g/mol. The summed E-state index contributed by atoms with van der Waals surface area (Å²) in [5.41, 5.74) is -1.94. The normalized spacial score (nSPS) is 25.2. The highest BCUT2D eigenvalue weighted by Gasteiger charge is 2.61. The van der Waals surface area contributed by atoms with Crippen molar-refractivity contribution in [1.29, 1.82) is 0 Å². The second-order valence-electron chi connectivity index (χ2n) is 16.1. The molecule has 1 N–H and O–H groups in total. The maximum Gasteiger partial charge on any atom is 0.362 e. The summed E-state index contributed by atoms with van der Waals surface area (Å²) in [7, 11) is -2.83. The van der Waals surface area contributed by atoms with Gasteiger partial charge in [-0.15, -0.1) is 0 Å². The molecule has 0 bridgehead atoms. The van der Waals surface area contributed by atoms with E-state index in [2.05, 4.69) is 9.71 Å². The molecule has 1 aromatic carbocycles. The Balaban J connectivity index is 1.27. The molecule has 1 aliphatic heterocycles. The van der Waals surface area contributed by atoms with Gasteiger partial charge in [0.15, 0.2) is 5.78 Å². The first-order valence-electron chi connectivity index (χ1n) is 18.6. The van der Waals surface area contributed by atoms with Gasteiger partial charge in [-0.3, -0.25) is 23.4 Å². The van der Waals surface area contributed by atoms with Gasteiger partial charge >= 0.3 is 16.3 Å². The molecule has 4 aliphatic rings. The largest absolute Gasteiger partial charge is 0.495 e. The molecular formula is C38H50ClN3O10S. The summed E-state index contributed by atoms with van der Waals surface area (Å²) in [4.78, 5) is 61.8. The molecular weight excluding hydrogens is 726 g/mol. The molecule has 2 heterocycles. The van der Waals surface area contributed by atoms with E-state index >= 15 is 0 Å². The Hall–Kier alpha value is -3.49. The lowest BCUT2D eigenvalue weighted by molar-refractivity contribution is -0.156. The molecule has 290 valence electrons. The van der Waals surface area contributed by atoms with Crippen LogP contribution >= 0.6 is 11.6 Å². The second kappa shape index (κ2) is 15.3. The third kappa shape index (κ3) is 8.75. The molecule has 2 aromatic rings. The van der Waals surface area contributed by atoms with Crippen LogP contribution in [-0.4, -0.2) is 79.9 Å². The van der Waals surface area contributed by atoms with Gasteiger partial charge in [-0.25, -0.2) is 9.71 Å². The zero-order valence-corrected chi connectivity index (χ0v) is 32.6. The Morgan fingerprint density at radius 3 is 2.38 bits per heavy atom. The highest BCUT2D eigenvalue weighted by atomic mass is 35.5. The molecule has 3 saturated carbocycles. The van der Waals surface area contributed by atoms with Crippen molar-refractivity contribution in [3.8, 4) is 11.6 Å². The van der Waals surface area contributed by atoms with Crippen molar-refractivity contribution in [3.05, 3.63) is 29.4 Å². The van der Waals surface area contributed by atoms with E-state index in [0.29, 0.717) is 47.2 Å². The zero-order valence-electron chi connectivity index (χ0n) is 31.0. The number of benzene rings is 1. The van der Waals surface area contributed by atoms with Crippen molar-refractivity contribution >= 4 is 56.2 Å². The number of aromatic nitrogens is 1. The fraction of sp³-hybridized carbons (Fsp3) is 0.658. The number of ether oxygens (including phenoxy) is 3. The van der Waals surface area contributed by atoms with Crippen LogP contribution in [0.3, 0.4) is 0 Å². The van der Waals surface area contributed by atoms with Gasteiger partial charge in [-0.2, -0.15) is 8.42 Å². The van der Waals surface area contributed by atoms with E-state index in [1.807, 2.05) is 27.7 Å². The van der Waals surface area contributed by atoms with Crippen molar-refractivity contribution in [3.63, 3.8) is 0 Å². The van der Waals surface area contributed by atoms with E-state index in [0.717, 1.165) is 25.7 Å². The molecule has 0 unspecified atom stereocenters. The van der Waals surface area contributed by atoms with Gasteiger partial charge in [0.2, 0.25) is 17.7 Å². The van der Waals surface area contributed by atoms with Crippen LogP contribution in [0.15, 0.2) is 24.4 Å². The topological polar surface area (TPSA) is 168 Å². The van der Waals surface area contributed by atoms with Crippen LogP contribution in [-0.2, 0) is 38.4 Å². The van der Waals surface area contributed by atoms with E-state index < -0.39 is 68.9 Å². The quantitative estimate of drug-likeness (QED) is 0.221. The number of nitrogens with zero attached hydrogens (tertiary/aromatic N) is 2. The van der Waals surface area contributed by atoms with Gasteiger partial charge in [0.05, 0.1) is 48.6 Å². The second-order valence-corrected chi connectivity index (χ2v) is 17.8. The van der Waals surface area contributed by atoms with Crippen LogP contribution in [0.1, 0.15) is 98.3 Å². The first kappa shape index (κ1) is 39.2. The van der Waals surface area contributed by atoms with Gasteiger partial charge in [0.1, 0.15) is 18.0 Å². The molecule has 6 rings (SSSR count). The average Bonchev–Trinajstić information content (AvgIpc) is 3.92. The molecule has 4 fully saturated rings. The molecule has 3 aliphatic carbocycles. The van der Waals surface area contributed by atoms with Crippen LogP contribution in [0.2, 0.25) is 5.02 Å². The number of methoxy groups -OCH3 is 1. The fourth-order valence-corrected chi connectivity index (χ4v) is 9.22. The van der Waals surface area contributed by atoms with E-state index in [1.165, 1.54) is 12.0 Å². The lowest BCUT2D eigenvalue weighted by atomic mass is 9.77. The summed E-state index contributed by atoms with van der Waals surface area (Å²) in [5, 5.41) is 1.65. The predicted octanol–water partition coefficient (Wildman–Crippen LogP) is 5.70. The average molecular weight is 776 g/mol. The molecule has 2 amide bonds. The number of carbonyl (C=O) groups excluding carboxylic acids is 4. The van der Waals surface area contributed by atoms with Gasteiger partial charge in [-0.05, 0) is 74.5 Å². The van der Waals surface area contributed by atoms with Crippen molar-refractivity contribution in [2.24, 2.45) is 22.7 Å². The van der Waals surface area contributed by atoms with Crippen LogP contribution < -0.4 is 14.2 Å². The highest BCUT2D eigenvalue weighted by Crippen LogP contribution is 2.58. The molecule has 15 heteroatoms. The Kier molecular flexibility index (Phi) is 11.3. The number of Topliss-reactive ketones (excluding diaryl/α,β-unsaturated/α-hetero) is 1. The van der Waals surface area contributed by atoms with E-state index in [9.17, 15) is 27.6 Å². The Morgan fingerprint density at radius 1 is 1.04 bits per heavy atom. The molecule has 1 aromatic heterocycles. The third-order valence-corrected chi connectivity index (χ3v) is 12.6. The summed E-state index contributed by atoms with van der Waals surface area (Å²) in [6.45, 7) is 7.51. The Bertz CT molecular complexity index is 1860. The minimum absolute atomic E-state index is 0.0153. The number of esters is 1. The number of hydrogen-bond acceptors (Lipinski definition) is 11. The number of rotatable bonds is 15. The first-order valence-corrected chi connectivity index (χ1v) is 20.4. The number of nitrogens with one attached hydrogen (secondary N) is 1. The van der Waals surface area contributed by atoms with E-state index in [4.69, 9.17) is 30.0 Å². The summed E-state index contributed by atoms with van der Waals surface area (Å²) < 4.78 is 49.9. The van der Waals surface area contributed by atoms with Gasteiger partial charge in [-0.1, -0.05) is 45.7 Å². The summed E-state index contributed by atoms with van der Waals surface area (Å²) in [5.74, 6) is -2.34. The molecule has 53 heavy (non-hydrogen) atoms. The third-order valence-electron chi connectivity index (χ3n) is 11.2. The molecule has 5 atom stereocenters. The SMILES string of the molecule is CC[C@@H]1C[C@]1(CC(=O)[C@@H]1C[C@@H](Oc2nccc3c(Cl)c(OC)ccc23)CN1C(=O)[C@@H](CC(=O)OC1CCCC1)C(C)(C)C)C(=O)NS(=O)(=O)OC1CC1. The number of ketones is 1. The number of pyridine rings is 1. The van der Waals surface area contributed by atoms with Gasteiger partial charge in [0, 0.05) is 29.8 Å². The van der Waals surface area contributed by atoms with Crippen molar-refractivity contribution in [2.45, 2.75) is 123 Å². The summed E-state index contributed by atoms with van der Waals surface area (Å²) in [6, 6.07) is 4.21. The van der Waals surface area contributed by atoms with Crippen LogP contribution in [0.4, 0.5) is 0 Å². The fourth-order valence-electron chi connectivity index (χ4n) is 7.89. The molecule has 0 radical (unpaired) electrons. The Morgan fingerprint density at radius 2 is 1.75 bits per heavy atom. The van der Waals surface area contributed by atoms with Crippen LogP contribution in [0.5, 0.6) is 11.6 Å². The number of amides is 2. The van der Waals surface area contributed by atoms with Gasteiger partial charge in [0.25, 0.3) is 0 Å².